The standard InChI is InChI=1S/C21H32N2O3/c1-5-19(6-2)23(11-12-26-4)21(25)18-13-20(24)22(15-18)14-17-9-7-16(3)8-10-17/h7-10,18-19H,5-6,11-15H2,1-4H3. The Morgan fingerprint density at radius 2 is 1.92 bits per heavy atom. The molecule has 2 amide bonds. The van der Waals surface area contributed by atoms with Crippen molar-refractivity contribution < 1.29 is 14.3 Å². The van der Waals surface area contributed by atoms with Crippen LogP contribution in [0.15, 0.2) is 24.3 Å². The second kappa shape index (κ2) is 9.72. The molecule has 144 valence electrons. The minimum absolute atomic E-state index is 0.0696. The van der Waals surface area contributed by atoms with Gasteiger partial charge in [-0.1, -0.05) is 43.7 Å². The van der Waals surface area contributed by atoms with Gasteiger partial charge in [0.2, 0.25) is 11.8 Å². The number of hydrogen-bond donors (Lipinski definition) is 0. The minimum atomic E-state index is -0.245. The van der Waals surface area contributed by atoms with E-state index in [4.69, 9.17) is 4.74 Å². The monoisotopic (exact) mass is 360 g/mol. The zero-order chi connectivity index (χ0) is 19.1. The van der Waals surface area contributed by atoms with Crippen LogP contribution >= 0.6 is 0 Å². The number of rotatable bonds is 9. The number of methoxy groups -OCH3 is 1. The topological polar surface area (TPSA) is 49.9 Å². The molecule has 1 aromatic rings. The van der Waals surface area contributed by atoms with E-state index in [0.29, 0.717) is 32.7 Å². The van der Waals surface area contributed by atoms with Crippen LogP contribution in [0, 0.1) is 12.8 Å². The van der Waals surface area contributed by atoms with Gasteiger partial charge in [0, 0.05) is 39.2 Å². The van der Waals surface area contributed by atoms with Gasteiger partial charge in [0.1, 0.15) is 0 Å². The van der Waals surface area contributed by atoms with Crippen LogP contribution in [0.4, 0.5) is 0 Å². The smallest absolute Gasteiger partial charge is 0.228 e. The summed E-state index contributed by atoms with van der Waals surface area (Å²) in [6, 6.07) is 8.41. The van der Waals surface area contributed by atoms with E-state index < -0.39 is 0 Å². The summed E-state index contributed by atoms with van der Waals surface area (Å²) < 4.78 is 5.18. The van der Waals surface area contributed by atoms with Crippen molar-refractivity contribution in [1.29, 1.82) is 0 Å². The Labute approximate surface area is 157 Å². The van der Waals surface area contributed by atoms with Crippen molar-refractivity contribution in [2.24, 2.45) is 5.92 Å². The van der Waals surface area contributed by atoms with Gasteiger partial charge >= 0.3 is 0 Å². The van der Waals surface area contributed by atoms with Gasteiger partial charge in [0.15, 0.2) is 0 Å². The number of likely N-dealkylation sites (tertiary alicyclic amines) is 1. The lowest BCUT2D eigenvalue weighted by atomic mass is 10.0. The number of benzene rings is 1. The van der Waals surface area contributed by atoms with Gasteiger partial charge in [0.25, 0.3) is 0 Å². The molecule has 5 nitrogen and oxygen atoms in total. The van der Waals surface area contributed by atoms with Crippen molar-refractivity contribution in [3.05, 3.63) is 35.4 Å². The molecule has 0 aliphatic carbocycles. The van der Waals surface area contributed by atoms with Gasteiger partial charge in [-0.2, -0.15) is 0 Å². The van der Waals surface area contributed by atoms with Crippen molar-refractivity contribution in [2.75, 3.05) is 26.8 Å². The van der Waals surface area contributed by atoms with Crippen LogP contribution in [0.3, 0.4) is 0 Å². The highest BCUT2D eigenvalue weighted by Crippen LogP contribution is 2.24. The maximum Gasteiger partial charge on any atom is 0.228 e. The van der Waals surface area contributed by atoms with Crippen molar-refractivity contribution in [3.8, 4) is 0 Å². The van der Waals surface area contributed by atoms with Crippen molar-refractivity contribution in [1.82, 2.24) is 9.80 Å². The third-order valence-corrected chi connectivity index (χ3v) is 5.26. The van der Waals surface area contributed by atoms with Gasteiger partial charge in [-0.25, -0.2) is 0 Å². The van der Waals surface area contributed by atoms with Crippen LogP contribution in [-0.4, -0.2) is 54.5 Å². The lowest BCUT2D eigenvalue weighted by Crippen LogP contribution is -2.45. The van der Waals surface area contributed by atoms with Crippen LogP contribution in [0.5, 0.6) is 0 Å². The fourth-order valence-electron chi connectivity index (χ4n) is 3.63. The first-order valence-corrected chi connectivity index (χ1v) is 9.62. The molecule has 1 fully saturated rings. The van der Waals surface area contributed by atoms with Crippen LogP contribution in [0.1, 0.15) is 44.2 Å². The Balaban J connectivity index is 2.04. The zero-order valence-corrected chi connectivity index (χ0v) is 16.5. The summed E-state index contributed by atoms with van der Waals surface area (Å²) in [7, 11) is 1.65. The van der Waals surface area contributed by atoms with Crippen LogP contribution in [-0.2, 0) is 20.9 Å². The number of ether oxygens (including phenoxy) is 1. The molecule has 1 unspecified atom stereocenters. The van der Waals surface area contributed by atoms with Crippen molar-refractivity contribution in [2.45, 2.75) is 52.6 Å². The van der Waals surface area contributed by atoms with Crippen molar-refractivity contribution >= 4 is 11.8 Å². The Kier molecular flexibility index (Phi) is 7.64. The first kappa shape index (κ1) is 20.4. The molecule has 0 aromatic heterocycles. The molecule has 1 aliphatic rings. The third kappa shape index (κ3) is 5.07. The number of nitrogens with zero attached hydrogens (tertiary/aromatic N) is 2. The van der Waals surface area contributed by atoms with Gasteiger partial charge in [-0.3, -0.25) is 9.59 Å². The molecule has 1 heterocycles. The van der Waals surface area contributed by atoms with E-state index >= 15 is 0 Å². The van der Waals surface area contributed by atoms with E-state index in [-0.39, 0.29) is 23.8 Å². The molecule has 0 bridgehead atoms. The molecule has 0 saturated carbocycles. The largest absolute Gasteiger partial charge is 0.383 e. The summed E-state index contributed by atoms with van der Waals surface area (Å²) in [5.41, 5.74) is 2.31. The fraction of sp³-hybridized carbons (Fsp3) is 0.619. The number of carbonyl (C=O) groups excluding carboxylic acids is 2. The summed E-state index contributed by atoms with van der Waals surface area (Å²) >= 11 is 0. The normalized spacial score (nSPS) is 17.2. The molecule has 26 heavy (non-hydrogen) atoms. The number of hydrogen-bond acceptors (Lipinski definition) is 3. The van der Waals surface area contributed by atoms with E-state index in [1.165, 1.54) is 5.56 Å². The van der Waals surface area contributed by atoms with Gasteiger partial charge < -0.3 is 14.5 Å². The molecular weight excluding hydrogens is 328 g/mol. The van der Waals surface area contributed by atoms with E-state index in [2.05, 4.69) is 26.0 Å². The molecule has 0 spiro atoms. The third-order valence-electron chi connectivity index (χ3n) is 5.26. The summed E-state index contributed by atoms with van der Waals surface area (Å²) in [5, 5.41) is 0. The Morgan fingerprint density at radius 1 is 1.27 bits per heavy atom. The predicted octanol–water partition coefficient (Wildman–Crippen LogP) is 3.01. The van der Waals surface area contributed by atoms with E-state index in [9.17, 15) is 9.59 Å². The zero-order valence-electron chi connectivity index (χ0n) is 16.5. The van der Waals surface area contributed by atoms with E-state index in [1.54, 1.807) is 7.11 Å². The predicted molar refractivity (Wildman–Crippen MR) is 103 cm³/mol. The molecule has 1 aromatic carbocycles. The molecule has 1 saturated heterocycles. The van der Waals surface area contributed by atoms with Crippen LogP contribution in [0.25, 0.3) is 0 Å². The molecule has 1 aliphatic heterocycles. The fourth-order valence-corrected chi connectivity index (χ4v) is 3.63. The maximum absolute atomic E-state index is 13.1. The summed E-state index contributed by atoms with van der Waals surface area (Å²) in [6.07, 6.45) is 2.15. The quantitative estimate of drug-likeness (QED) is 0.680. The summed E-state index contributed by atoms with van der Waals surface area (Å²) in [4.78, 5) is 29.3. The second-order valence-electron chi connectivity index (χ2n) is 7.16. The maximum atomic E-state index is 13.1. The van der Waals surface area contributed by atoms with Gasteiger partial charge in [0.05, 0.1) is 12.5 Å². The molecule has 0 radical (unpaired) electrons. The van der Waals surface area contributed by atoms with E-state index in [1.807, 2.05) is 28.9 Å². The highest BCUT2D eigenvalue weighted by molar-refractivity contribution is 5.89. The number of carbonyl (C=O) groups is 2. The van der Waals surface area contributed by atoms with Crippen molar-refractivity contribution in [3.63, 3.8) is 0 Å². The molecule has 2 rings (SSSR count). The SMILES string of the molecule is CCC(CC)N(CCOC)C(=O)C1CC(=O)N(Cc2ccc(C)cc2)C1. The number of amides is 2. The molecule has 1 atom stereocenters. The molecule has 0 N–H and O–H groups in total. The van der Waals surface area contributed by atoms with Crippen LogP contribution < -0.4 is 0 Å². The van der Waals surface area contributed by atoms with E-state index in [0.717, 1.165) is 18.4 Å². The van der Waals surface area contributed by atoms with Crippen LogP contribution in [0.2, 0.25) is 0 Å². The Morgan fingerprint density at radius 3 is 2.50 bits per heavy atom. The lowest BCUT2D eigenvalue weighted by Gasteiger charge is -2.32. The van der Waals surface area contributed by atoms with Gasteiger partial charge in [-0.15, -0.1) is 0 Å². The molecule has 5 heteroatoms. The Hall–Kier alpha value is -1.88. The average molecular weight is 360 g/mol. The number of aryl methyl sites for hydroxylation is 1. The lowest BCUT2D eigenvalue weighted by molar-refractivity contribution is -0.139. The first-order valence-electron chi connectivity index (χ1n) is 9.62. The Bertz CT molecular complexity index is 596. The van der Waals surface area contributed by atoms with Gasteiger partial charge in [-0.05, 0) is 25.3 Å². The summed E-state index contributed by atoms with van der Waals surface area (Å²) in [6.45, 7) is 8.45. The highest BCUT2D eigenvalue weighted by Gasteiger charge is 2.37. The highest BCUT2D eigenvalue weighted by atomic mass is 16.5. The second-order valence-corrected chi connectivity index (χ2v) is 7.16. The summed E-state index contributed by atoms with van der Waals surface area (Å²) in [5.74, 6) is -0.0823. The average Bonchev–Trinajstić information content (AvgIpc) is 3.00. The minimum Gasteiger partial charge on any atom is -0.383 e. The first-order chi connectivity index (χ1) is 12.5. The molecular formula is C21H32N2O3.